The molecular formula is C18H25NO3. The van der Waals surface area contributed by atoms with Gasteiger partial charge in [0, 0.05) is 23.6 Å². The lowest BCUT2D eigenvalue weighted by molar-refractivity contribution is 0.00953. The van der Waals surface area contributed by atoms with Crippen LogP contribution in [0.15, 0.2) is 24.3 Å². The van der Waals surface area contributed by atoms with Crippen LogP contribution in [0.5, 0.6) is 5.75 Å². The van der Waals surface area contributed by atoms with Crippen molar-refractivity contribution < 1.29 is 14.3 Å². The van der Waals surface area contributed by atoms with Crippen LogP contribution in [0.1, 0.15) is 44.0 Å². The molecule has 2 unspecified atom stereocenters. The molecule has 2 fully saturated rings. The number of carbonyl (C=O) groups is 1. The molecule has 4 heteroatoms. The predicted octanol–water partition coefficient (Wildman–Crippen LogP) is 2.81. The molecule has 1 aromatic rings. The molecule has 0 aromatic heterocycles. The molecule has 1 N–H and O–H groups in total. The smallest absolute Gasteiger partial charge is 0.166 e. The maximum Gasteiger partial charge on any atom is 0.166 e. The van der Waals surface area contributed by atoms with Gasteiger partial charge in [-0.15, -0.1) is 0 Å². The van der Waals surface area contributed by atoms with E-state index < -0.39 is 0 Å². The number of morpholine rings is 1. The molecule has 0 radical (unpaired) electrons. The summed E-state index contributed by atoms with van der Waals surface area (Å²) in [6.45, 7) is 7.49. The van der Waals surface area contributed by atoms with E-state index in [1.165, 1.54) is 0 Å². The van der Waals surface area contributed by atoms with E-state index in [9.17, 15) is 4.79 Å². The van der Waals surface area contributed by atoms with Crippen LogP contribution >= 0.6 is 0 Å². The zero-order chi connectivity index (χ0) is 15.7. The fourth-order valence-electron chi connectivity index (χ4n) is 3.33. The summed E-state index contributed by atoms with van der Waals surface area (Å²) >= 11 is 0. The number of hydrogen-bond donors (Lipinski definition) is 1. The first kappa shape index (κ1) is 15.5. The summed E-state index contributed by atoms with van der Waals surface area (Å²) in [4.78, 5) is 12.7. The van der Waals surface area contributed by atoms with Gasteiger partial charge in [-0.2, -0.15) is 0 Å². The van der Waals surface area contributed by atoms with Crippen molar-refractivity contribution in [3.05, 3.63) is 29.8 Å². The Balaban J connectivity index is 1.67. The highest BCUT2D eigenvalue weighted by atomic mass is 16.5. The van der Waals surface area contributed by atoms with Crippen LogP contribution < -0.4 is 10.1 Å². The Labute approximate surface area is 132 Å². The summed E-state index contributed by atoms with van der Waals surface area (Å²) in [6, 6.07) is 8.21. The molecule has 2 aliphatic rings. The van der Waals surface area contributed by atoms with Gasteiger partial charge in [-0.3, -0.25) is 4.79 Å². The third-order valence-corrected chi connectivity index (χ3v) is 4.18. The second kappa shape index (κ2) is 6.01. The van der Waals surface area contributed by atoms with Crippen LogP contribution in [0.25, 0.3) is 0 Å². The second-order valence-corrected chi connectivity index (χ2v) is 7.37. The highest BCUT2D eigenvalue weighted by Gasteiger charge is 2.35. The molecule has 2 saturated heterocycles. The first-order valence-corrected chi connectivity index (χ1v) is 8.08. The first-order valence-electron chi connectivity index (χ1n) is 8.08. The minimum Gasteiger partial charge on any atom is -0.488 e. The number of nitrogens with one attached hydrogen (secondary N) is 1. The fourth-order valence-corrected chi connectivity index (χ4v) is 3.33. The molecule has 2 bridgehead atoms. The Morgan fingerprint density at radius 2 is 1.73 bits per heavy atom. The Hall–Kier alpha value is -1.39. The largest absolute Gasteiger partial charge is 0.488 e. The van der Waals surface area contributed by atoms with Gasteiger partial charge in [0.05, 0.1) is 13.2 Å². The number of rotatable bonds is 3. The molecule has 0 amide bonds. The van der Waals surface area contributed by atoms with Crippen LogP contribution in [0.2, 0.25) is 0 Å². The van der Waals surface area contributed by atoms with E-state index in [4.69, 9.17) is 9.47 Å². The van der Waals surface area contributed by atoms with Crippen molar-refractivity contribution in [2.75, 3.05) is 13.2 Å². The minimum atomic E-state index is -0.224. The molecule has 2 atom stereocenters. The van der Waals surface area contributed by atoms with Gasteiger partial charge in [0.15, 0.2) is 5.78 Å². The predicted molar refractivity (Wildman–Crippen MR) is 85.4 cm³/mol. The SMILES string of the molecule is CC(C)(C)Oc1ccc(C(=O)C2CC3COCC(C2)N3)cc1. The highest BCUT2D eigenvalue weighted by molar-refractivity contribution is 5.98. The molecule has 0 spiro atoms. The third-order valence-electron chi connectivity index (χ3n) is 4.18. The van der Waals surface area contributed by atoms with Gasteiger partial charge in [0.1, 0.15) is 11.4 Å². The fraction of sp³-hybridized carbons (Fsp3) is 0.611. The zero-order valence-corrected chi connectivity index (χ0v) is 13.6. The summed E-state index contributed by atoms with van der Waals surface area (Å²) in [7, 11) is 0. The molecule has 0 aliphatic carbocycles. The maximum atomic E-state index is 12.7. The average Bonchev–Trinajstić information content (AvgIpc) is 2.45. The molecule has 2 aliphatic heterocycles. The molecule has 0 saturated carbocycles. The first-order chi connectivity index (χ1) is 10.4. The number of carbonyl (C=O) groups excluding carboxylic acids is 1. The number of fused-ring (bicyclic) bond motifs is 2. The Morgan fingerprint density at radius 1 is 1.14 bits per heavy atom. The van der Waals surface area contributed by atoms with Gasteiger partial charge in [0.25, 0.3) is 0 Å². The van der Waals surface area contributed by atoms with Gasteiger partial charge in [-0.05, 0) is 57.9 Å². The lowest BCUT2D eigenvalue weighted by atomic mass is 9.82. The van der Waals surface area contributed by atoms with Crippen LogP contribution in [0.3, 0.4) is 0 Å². The summed E-state index contributed by atoms with van der Waals surface area (Å²) < 4.78 is 11.3. The number of hydrogen-bond acceptors (Lipinski definition) is 4. The van der Waals surface area contributed by atoms with Crippen molar-refractivity contribution in [1.29, 1.82) is 0 Å². The number of piperidine rings is 1. The van der Waals surface area contributed by atoms with Gasteiger partial charge in [-0.1, -0.05) is 0 Å². The summed E-state index contributed by atoms with van der Waals surface area (Å²) in [6.07, 6.45) is 1.74. The second-order valence-electron chi connectivity index (χ2n) is 7.37. The molecular weight excluding hydrogens is 278 g/mol. The van der Waals surface area contributed by atoms with E-state index in [0.717, 1.165) is 37.4 Å². The normalized spacial score (nSPS) is 28.2. The zero-order valence-electron chi connectivity index (χ0n) is 13.6. The Morgan fingerprint density at radius 3 is 2.27 bits per heavy atom. The third kappa shape index (κ3) is 3.68. The van der Waals surface area contributed by atoms with Crippen molar-refractivity contribution in [1.82, 2.24) is 5.32 Å². The lowest BCUT2D eigenvalue weighted by Gasteiger charge is -2.39. The molecule has 22 heavy (non-hydrogen) atoms. The van der Waals surface area contributed by atoms with E-state index in [1.807, 2.05) is 45.0 Å². The van der Waals surface area contributed by atoms with Crippen LogP contribution in [0.4, 0.5) is 0 Å². The standard InChI is InChI=1S/C18H25NO3/c1-18(2,3)22-16-6-4-12(5-7-16)17(20)13-8-14-10-21-11-15(9-13)19-14/h4-7,13-15,19H,8-11H2,1-3H3. The molecule has 2 heterocycles. The van der Waals surface area contributed by atoms with Crippen LogP contribution in [-0.2, 0) is 4.74 Å². The molecule has 4 nitrogen and oxygen atoms in total. The van der Waals surface area contributed by atoms with Gasteiger partial charge in [-0.25, -0.2) is 0 Å². The highest BCUT2D eigenvalue weighted by Crippen LogP contribution is 2.28. The number of benzene rings is 1. The molecule has 3 rings (SSSR count). The number of Topliss-reactive ketones (excluding diaryl/α,β-unsaturated/α-hetero) is 1. The van der Waals surface area contributed by atoms with E-state index in [2.05, 4.69) is 5.32 Å². The summed E-state index contributed by atoms with van der Waals surface area (Å²) in [5.74, 6) is 1.16. The van der Waals surface area contributed by atoms with E-state index in [-0.39, 0.29) is 17.3 Å². The number of ether oxygens (including phenoxy) is 2. The summed E-state index contributed by atoms with van der Waals surface area (Å²) in [5.41, 5.74) is 0.560. The van der Waals surface area contributed by atoms with Crippen molar-refractivity contribution in [2.24, 2.45) is 5.92 Å². The van der Waals surface area contributed by atoms with Crippen molar-refractivity contribution >= 4 is 5.78 Å². The van der Waals surface area contributed by atoms with Gasteiger partial charge in [0.2, 0.25) is 0 Å². The van der Waals surface area contributed by atoms with E-state index in [1.54, 1.807) is 0 Å². The van der Waals surface area contributed by atoms with Crippen molar-refractivity contribution in [3.63, 3.8) is 0 Å². The van der Waals surface area contributed by atoms with Crippen molar-refractivity contribution in [2.45, 2.75) is 51.3 Å². The van der Waals surface area contributed by atoms with Crippen molar-refractivity contribution in [3.8, 4) is 5.75 Å². The summed E-state index contributed by atoms with van der Waals surface area (Å²) in [5, 5.41) is 3.53. The Kier molecular flexibility index (Phi) is 4.24. The van der Waals surface area contributed by atoms with E-state index >= 15 is 0 Å². The van der Waals surface area contributed by atoms with Crippen LogP contribution in [0, 0.1) is 5.92 Å². The van der Waals surface area contributed by atoms with Crippen LogP contribution in [-0.4, -0.2) is 36.7 Å². The maximum absolute atomic E-state index is 12.7. The minimum absolute atomic E-state index is 0.106. The quantitative estimate of drug-likeness (QED) is 0.872. The molecule has 120 valence electrons. The van der Waals surface area contributed by atoms with E-state index in [0.29, 0.717) is 12.1 Å². The topological polar surface area (TPSA) is 47.6 Å². The number of ketones is 1. The average molecular weight is 303 g/mol. The molecule has 1 aromatic carbocycles. The lowest BCUT2D eigenvalue weighted by Crippen LogP contribution is -2.55. The van der Waals surface area contributed by atoms with Gasteiger partial charge >= 0.3 is 0 Å². The monoisotopic (exact) mass is 303 g/mol. The Bertz CT molecular complexity index is 520. The van der Waals surface area contributed by atoms with Gasteiger partial charge < -0.3 is 14.8 Å².